The van der Waals surface area contributed by atoms with Gasteiger partial charge in [0.15, 0.2) is 5.11 Å². The van der Waals surface area contributed by atoms with Crippen LogP contribution in [-0.4, -0.2) is 10.1 Å². The van der Waals surface area contributed by atoms with Gasteiger partial charge in [0.25, 0.3) is 0 Å². The van der Waals surface area contributed by atoms with E-state index < -0.39 is 0 Å². The maximum Gasteiger partial charge on any atom is 0.171 e. The summed E-state index contributed by atoms with van der Waals surface area (Å²) in [6.07, 6.45) is 2.83. The number of rotatable bonds is 4. The first-order valence-corrected chi connectivity index (χ1v) is 7.17. The molecule has 1 heterocycles. The van der Waals surface area contributed by atoms with Gasteiger partial charge in [0.05, 0.1) is 11.7 Å². The van der Waals surface area contributed by atoms with Gasteiger partial charge in [-0.2, -0.15) is 0 Å². The molecule has 4 heteroatoms. The summed E-state index contributed by atoms with van der Waals surface area (Å²) in [6.45, 7) is 4.18. The molecular weight excluding hydrogens is 266 g/mol. The monoisotopic (exact) mass is 285 g/mol. The molecule has 1 atom stereocenters. The summed E-state index contributed by atoms with van der Waals surface area (Å²) in [5.41, 5.74) is 3.28. The van der Waals surface area contributed by atoms with Crippen molar-refractivity contribution in [2.24, 2.45) is 0 Å². The quantitative estimate of drug-likeness (QED) is 0.840. The number of benzene rings is 1. The van der Waals surface area contributed by atoms with Gasteiger partial charge in [-0.3, -0.25) is 4.98 Å². The van der Waals surface area contributed by atoms with Gasteiger partial charge in [-0.15, -0.1) is 0 Å². The molecule has 1 aromatic heterocycles. The molecule has 0 fully saturated rings. The molecule has 0 bridgehead atoms. The SMILES string of the molecule is CCc1ccc(NC(=S)N[C@@H](C)c2ccccn2)cc1. The van der Waals surface area contributed by atoms with E-state index in [2.05, 4.69) is 34.7 Å². The molecule has 0 aliphatic rings. The van der Waals surface area contributed by atoms with E-state index in [9.17, 15) is 0 Å². The standard InChI is InChI=1S/C16H19N3S/c1-3-13-7-9-14(10-8-13)19-16(20)18-12(2)15-6-4-5-11-17-15/h4-12H,3H2,1-2H3,(H2,18,19,20)/t12-/m0/s1. The number of aryl methyl sites for hydroxylation is 1. The number of pyridine rings is 1. The van der Waals surface area contributed by atoms with E-state index in [1.807, 2.05) is 37.3 Å². The predicted octanol–water partition coefficient (Wildman–Crippen LogP) is 3.69. The predicted molar refractivity (Wildman–Crippen MR) is 87.8 cm³/mol. The number of hydrogen-bond acceptors (Lipinski definition) is 2. The van der Waals surface area contributed by atoms with Crippen molar-refractivity contribution >= 4 is 23.0 Å². The summed E-state index contributed by atoms with van der Waals surface area (Å²) in [6, 6.07) is 14.2. The van der Waals surface area contributed by atoms with Gasteiger partial charge < -0.3 is 10.6 Å². The summed E-state index contributed by atoms with van der Waals surface area (Å²) in [5, 5.41) is 7.02. The molecule has 20 heavy (non-hydrogen) atoms. The molecule has 2 rings (SSSR count). The van der Waals surface area contributed by atoms with Crippen LogP contribution in [-0.2, 0) is 6.42 Å². The first kappa shape index (κ1) is 14.5. The van der Waals surface area contributed by atoms with E-state index >= 15 is 0 Å². The first-order valence-electron chi connectivity index (χ1n) is 6.76. The lowest BCUT2D eigenvalue weighted by molar-refractivity contribution is 0.696. The van der Waals surface area contributed by atoms with Crippen LogP contribution in [0, 0.1) is 0 Å². The molecular formula is C16H19N3S. The van der Waals surface area contributed by atoms with E-state index in [1.165, 1.54) is 5.56 Å². The average Bonchev–Trinajstić information content (AvgIpc) is 2.49. The summed E-state index contributed by atoms with van der Waals surface area (Å²) < 4.78 is 0. The van der Waals surface area contributed by atoms with Crippen LogP contribution in [0.3, 0.4) is 0 Å². The molecule has 2 aromatic rings. The van der Waals surface area contributed by atoms with Crippen molar-refractivity contribution in [1.82, 2.24) is 10.3 Å². The smallest absolute Gasteiger partial charge is 0.171 e. The highest BCUT2D eigenvalue weighted by Gasteiger charge is 2.07. The van der Waals surface area contributed by atoms with Crippen molar-refractivity contribution in [3.05, 3.63) is 59.9 Å². The number of nitrogens with one attached hydrogen (secondary N) is 2. The van der Waals surface area contributed by atoms with Crippen molar-refractivity contribution in [2.75, 3.05) is 5.32 Å². The summed E-state index contributed by atoms with van der Waals surface area (Å²) >= 11 is 5.32. The molecule has 0 saturated carbocycles. The molecule has 0 aliphatic carbocycles. The largest absolute Gasteiger partial charge is 0.354 e. The van der Waals surface area contributed by atoms with Crippen LogP contribution in [0.2, 0.25) is 0 Å². The van der Waals surface area contributed by atoms with Crippen molar-refractivity contribution in [1.29, 1.82) is 0 Å². The zero-order valence-electron chi connectivity index (χ0n) is 11.8. The second kappa shape index (κ2) is 7.01. The summed E-state index contributed by atoms with van der Waals surface area (Å²) in [5.74, 6) is 0. The molecule has 0 saturated heterocycles. The number of anilines is 1. The lowest BCUT2D eigenvalue weighted by atomic mass is 10.1. The van der Waals surface area contributed by atoms with Crippen LogP contribution < -0.4 is 10.6 Å². The van der Waals surface area contributed by atoms with Crippen LogP contribution in [0.15, 0.2) is 48.7 Å². The maximum atomic E-state index is 5.32. The van der Waals surface area contributed by atoms with E-state index in [0.717, 1.165) is 17.8 Å². The summed E-state index contributed by atoms with van der Waals surface area (Å²) in [4.78, 5) is 4.31. The maximum absolute atomic E-state index is 5.32. The first-order chi connectivity index (χ1) is 9.69. The van der Waals surface area contributed by atoms with Gasteiger partial charge in [-0.05, 0) is 55.4 Å². The minimum absolute atomic E-state index is 0.0751. The highest BCUT2D eigenvalue weighted by Crippen LogP contribution is 2.11. The number of aromatic nitrogens is 1. The van der Waals surface area contributed by atoms with Gasteiger partial charge in [0, 0.05) is 11.9 Å². The lowest BCUT2D eigenvalue weighted by Gasteiger charge is -2.16. The van der Waals surface area contributed by atoms with E-state index in [4.69, 9.17) is 12.2 Å². The number of hydrogen-bond donors (Lipinski definition) is 2. The zero-order chi connectivity index (χ0) is 14.4. The Morgan fingerprint density at radius 2 is 1.95 bits per heavy atom. The van der Waals surface area contributed by atoms with Crippen LogP contribution in [0.5, 0.6) is 0 Å². The minimum atomic E-state index is 0.0751. The van der Waals surface area contributed by atoms with Gasteiger partial charge in [-0.25, -0.2) is 0 Å². The van der Waals surface area contributed by atoms with Gasteiger partial charge >= 0.3 is 0 Å². The zero-order valence-corrected chi connectivity index (χ0v) is 12.6. The molecule has 3 nitrogen and oxygen atoms in total. The fourth-order valence-corrected chi connectivity index (χ4v) is 2.19. The molecule has 0 amide bonds. The molecule has 0 radical (unpaired) electrons. The number of thiocarbonyl (C=S) groups is 1. The molecule has 0 unspecified atom stereocenters. The van der Waals surface area contributed by atoms with Crippen LogP contribution in [0.25, 0.3) is 0 Å². The Hall–Kier alpha value is -1.94. The highest BCUT2D eigenvalue weighted by atomic mass is 32.1. The molecule has 0 spiro atoms. The van der Waals surface area contributed by atoms with Gasteiger partial charge in [-0.1, -0.05) is 25.1 Å². The topological polar surface area (TPSA) is 37.0 Å². The van der Waals surface area contributed by atoms with Gasteiger partial charge in [0.1, 0.15) is 0 Å². The highest BCUT2D eigenvalue weighted by molar-refractivity contribution is 7.80. The normalized spacial score (nSPS) is 11.7. The van der Waals surface area contributed by atoms with Crippen LogP contribution in [0.4, 0.5) is 5.69 Å². The molecule has 1 aromatic carbocycles. The van der Waals surface area contributed by atoms with Crippen molar-refractivity contribution < 1.29 is 0 Å². The van der Waals surface area contributed by atoms with E-state index in [1.54, 1.807) is 6.20 Å². The minimum Gasteiger partial charge on any atom is -0.354 e. The second-order valence-corrected chi connectivity index (χ2v) is 5.03. The van der Waals surface area contributed by atoms with Crippen LogP contribution >= 0.6 is 12.2 Å². The average molecular weight is 285 g/mol. The fraction of sp³-hybridized carbons (Fsp3) is 0.250. The van der Waals surface area contributed by atoms with Crippen molar-refractivity contribution in [2.45, 2.75) is 26.3 Å². The van der Waals surface area contributed by atoms with E-state index in [0.29, 0.717) is 5.11 Å². The Kier molecular flexibility index (Phi) is 5.07. The Balaban J connectivity index is 1.91. The molecule has 104 valence electrons. The Morgan fingerprint density at radius 1 is 1.20 bits per heavy atom. The lowest BCUT2D eigenvalue weighted by Crippen LogP contribution is -2.31. The van der Waals surface area contributed by atoms with Crippen molar-refractivity contribution in [3.8, 4) is 0 Å². The Morgan fingerprint density at radius 3 is 2.55 bits per heavy atom. The fourth-order valence-electron chi connectivity index (χ4n) is 1.89. The number of nitrogens with zero attached hydrogens (tertiary/aromatic N) is 1. The van der Waals surface area contributed by atoms with Crippen LogP contribution in [0.1, 0.15) is 31.1 Å². The van der Waals surface area contributed by atoms with Crippen molar-refractivity contribution in [3.63, 3.8) is 0 Å². The third-order valence-electron chi connectivity index (χ3n) is 3.10. The summed E-state index contributed by atoms with van der Waals surface area (Å²) in [7, 11) is 0. The Bertz CT molecular complexity index is 552. The van der Waals surface area contributed by atoms with Gasteiger partial charge in [0.2, 0.25) is 0 Å². The third-order valence-corrected chi connectivity index (χ3v) is 3.32. The third kappa shape index (κ3) is 4.03. The second-order valence-electron chi connectivity index (χ2n) is 4.63. The molecule has 2 N–H and O–H groups in total. The molecule has 0 aliphatic heterocycles. The Labute approximate surface area is 125 Å². The van der Waals surface area contributed by atoms with E-state index in [-0.39, 0.29) is 6.04 Å².